The number of hydrogen-bond donors (Lipinski definition) is 2. The van der Waals surface area contributed by atoms with Crippen molar-refractivity contribution in [2.75, 3.05) is 26.8 Å². The third-order valence-corrected chi connectivity index (χ3v) is 3.10. The van der Waals surface area contributed by atoms with E-state index in [9.17, 15) is 4.79 Å². The van der Waals surface area contributed by atoms with E-state index < -0.39 is 0 Å². The van der Waals surface area contributed by atoms with E-state index in [0.29, 0.717) is 25.0 Å². The monoisotopic (exact) mass is 244 g/mol. The predicted octanol–water partition coefficient (Wildman–Crippen LogP) is 1.41. The van der Waals surface area contributed by atoms with Crippen LogP contribution in [-0.4, -0.2) is 38.8 Å². The van der Waals surface area contributed by atoms with E-state index >= 15 is 0 Å². The lowest BCUT2D eigenvalue weighted by molar-refractivity contribution is -0.122. The van der Waals surface area contributed by atoms with Crippen LogP contribution in [0.5, 0.6) is 0 Å². The molecule has 1 amide bonds. The van der Waals surface area contributed by atoms with E-state index in [1.54, 1.807) is 7.11 Å². The van der Waals surface area contributed by atoms with Crippen LogP contribution in [0.3, 0.4) is 0 Å². The predicted molar refractivity (Wildman–Crippen MR) is 71.0 cm³/mol. The van der Waals surface area contributed by atoms with Gasteiger partial charge < -0.3 is 15.4 Å². The molecule has 0 fully saturated rings. The normalized spacial score (nSPS) is 14.7. The molecule has 0 radical (unpaired) electrons. The van der Waals surface area contributed by atoms with Crippen LogP contribution in [0, 0.1) is 11.8 Å². The molecule has 0 aliphatic heterocycles. The van der Waals surface area contributed by atoms with Crippen LogP contribution in [0.1, 0.15) is 34.1 Å². The van der Waals surface area contributed by atoms with Gasteiger partial charge in [0.2, 0.25) is 5.91 Å². The Kier molecular flexibility index (Phi) is 9.09. The maximum Gasteiger partial charge on any atom is 0.236 e. The van der Waals surface area contributed by atoms with Crippen LogP contribution >= 0.6 is 0 Å². The topological polar surface area (TPSA) is 50.4 Å². The zero-order valence-electron chi connectivity index (χ0n) is 11.9. The van der Waals surface area contributed by atoms with Gasteiger partial charge in [-0.3, -0.25) is 4.79 Å². The molecule has 4 heteroatoms. The third-order valence-electron chi connectivity index (χ3n) is 3.10. The number of ether oxygens (including phenoxy) is 1. The molecule has 0 spiro atoms. The standard InChI is InChI=1S/C13H28N2O2/c1-10(2)11(3)9-15-12(4)13(16)14-7-6-8-17-5/h10-12,15H,6-9H2,1-5H3,(H,14,16). The maximum absolute atomic E-state index is 11.7. The highest BCUT2D eigenvalue weighted by Crippen LogP contribution is 2.07. The number of carbonyl (C=O) groups is 1. The Morgan fingerprint density at radius 1 is 1.24 bits per heavy atom. The largest absolute Gasteiger partial charge is 0.385 e. The summed E-state index contributed by atoms with van der Waals surface area (Å²) < 4.78 is 4.92. The first kappa shape index (κ1) is 16.4. The summed E-state index contributed by atoms with van der Waals surface area (Å²) in [6, 6.07) is -0.126. The van der Waals surface area contributed by atoms with Crippen LogP contribution in [0.25, 0.3) is 0 Å². The lowest BCUT2D eigenvalue weighted by Crippen LogP contribution is -2.44. The molecule has 2 atom stereocenters. The first-order chi connectivity index (χ1) is 7.99. The Balaban J connectivity index is 3.67. The van der Waals surface area contributed by atoms with Crippen molar-refractivity contribution in [1.82, 2.24) is 10.6 Å². The summed E-state index contributed by atoms with van der Waals surface area (Å²) in [5, 5.41) is 6.15. The van der Waals surface area contributed by atoms with Crippen molar-refractivity contribution in [2.24, 2.45) is 11.8 Å². The lowest BCUT2D eigenvalue weighted by Gasteiger charge is -2.19. The Hall–Kier alpha value is -0.610. The van der Waals surface area contributed by atoms with E-state index in [1.165, 1.54) is 0 Å². The Bertz CT molecular complexity index is 208. The van der Waals surface area contributed by atoms with Crippen molar-refractivity contribution in [3.8, 4) is 0 Å². The van der Waals surface area contributed by atoms with Gasteiger partial charge in [-0.1, -0.05) is 20.8 Å². The quantitative estimate of drug-likeness (QED) is 0.603. The minimum absolute atomic E-state index is 0.0667. The van der Waals surface area contributed by atoms with Crippen molar-refractivity contribution >= 4 is 5.91 Å². The minimum Gasteiger partial charge on any atom is -0.385 e. The zero-order chi connectivity index (χ0) is 13.3. The lowest BCUT2D eigenvalue weighted by atomic mass is 9.98. The number of amides is 1. The number of carbonyl (C=O) groups excluding carboxylic acids is 1. The molecule has 0 saturated carbocycles. The summed E-state index contributed by atoms with van der Waals surface area (Å²) in [6.07, 6.45) is 0.858. The number of hydrogen-bond acceptors (Lipinski definition) is 3. The molecular formula is C13H28N2O2. The molecule has 0 aliphatic carbocycles. The summed E-state index contributed by atoms with van der Waals surface area (Å²) >= 11 is 0. The third kappa shape index (κ3) is 8.16. The van der Waals surface area contributed by atoms with Gasteiger partial charge in [0.15, 0.2) is 0 Å². The van der Waals surface area contributed by atoms with Gasteiger partial charge >= 0.3 is 0 Å². The second-order valence-electron chi connectivity index (χ2n) is 4.99. The van der Waals surface area contributed by atoms with Crippen molar-refractivity contribution < 1.29 is 9.53 Å². The fourth-order valence-corrected chi connectivity index (χ4v) is 1.27. The smallest absolute Gasteiger partial charge is 0.236 e. The Labute approximate surface area is 105 Å². The fraction of sp³-hybridized carbons (Fsp3) is 0.923. The van der Waals surface area contributed by atoms with Gasteiger partial charge in [0.25, 0.3) is 0 Å². The van der Waals surface area contributed by atoms with Crippen molar-refractivity contribution in [3.63, 3.8) is 0 Å². The Morgan fingerprint density at radius 3 is 2.41 bits per heavy atom. The average Bonchev–Trinajstić information content (AvgIpc) is 2.30. The van der Waals surface area contributed by atoms with Crippen LogP contribution in [0.2, 0.25) is 0 Å². The van der Waals surface area contributed by atoms with Crippen LogP contribution in [0.15, 0.2) is 0 Å². The molecule has 0 aliphatic rings. The average molecular weight is 244 g/mol. The molecule has 0 saturated heterocycles. The molecule has 0 aromatic heterocycles. The summed E-state index contributed by atoms with van der Waals surface area (Å²) in [4.78, 5) is 11.7. The molecule has 17 heavy (non-hydrogen) atoms. The fourth-order valence-electron chi connectivity index (χ4n) is 1.27. The van der Waals surface area contributed by atoms with Gasteiger partial charge in [-0.25, -0.2) is 0 Å². The van der Waals surface area contributed by atoms with Gasteiger partial charge in [-0.05, 0) is 31.7 Å². The number of rotatable bonds is 9. The number of nitrogens with one attached hydrogen (secondary N) is 2. The van der Waals surface area contributed by atoms with E-state index in [2.05, 4.69) is 31.4 Å². The van der Waals surface area contributed by atoms with Crippen molar-refractivity contribution in [1.29, 1.82) is 0 Å². The van der Waals surface area contributed by atoms with E-state index in [0.717, 1.165) is 13.0 Å². The molecule has 0 heterocycles. The summed E-state index contributed by atoms with van der Waals surface area (Å²) in [5.41, 5.74) is 0. The summed E-state index contributed by atoms with van der Waals surface area (Å²) in [6.45, 7) is 10.7. The molecule has 2 unspecified atom stereocenters. The van der Waals surface area contributed by atoms with Gasteiger partial charge in [-0.2, -0.15) is 0 Å². The SMILES string of the molecule is COCCCNC(=O)C(C)NCC(C)C(C)C. The van der Waals surface area contributed by atoms with Crippen LogP contribution < -0.4 is 10.6 Å². The highest BCUT2D eigenvalue weighted by molar-refractivity contribution is 5.81. The van der Waals surface area contributed by atoms with Gasteiger partial charge in [-0.15, -0.1) is 0 Å². The van der Waals surface area contributed by atoms with Crippen molar-refractivity contribution in [2.45, 2.75) is 40.2 Å². The van der Waals surface area contributed by atoms with Gasteiger partial charge in [0, 0.05) is 20.3 Å². The van der Waals surface area contributed by atoms with Crippen LogP contribution in [0.4, 0.5) is 0 Å². The molecular weight excluding hydrogens is 216 g/mol. The van der Waals surface area contributed by atoms with E-state index in [1.807, 2.05) is 6.92 Å². The van der Waals surface area contributed by atoms with Gasteiger partial charge in [0.1, 0.15) is 0 Å². The molecule has 0 rings (SSSR count). The summed E-state index contributed by atoms with van der Waals surface area (Å²) in [7, 11) is 1.67. The van der Waals surface area contributed by atoms with E-state index in [4.69, 9.17) is 4.74 Å². The maximum atomic E-state index is 11.7. The second-order valence-corrected chi connectivity index (χ2v) is 4.99. The molecule has 0 bridgehead atoms. The zero-order valence-corrected chi connectivity index (χ0v) is 11.9. The highest BCUT2D eigenvalue weighted by atomic mass is 16.5. The molecule has 2 N–H and O–H groups in total. The Morgan fingerprint density at radius 2 is 1.88 bits per heavy atom. The molecule has 0 aromatic carbocycles. The minimum atomic E-state index is -0.126. The highest BCUT2D eigenvalue weighted by Gasteiger charge is 2.14. The van der Waals surface area contributed by atoms with Gasteiger partial charge in [0.05, 0.1) is 6.04 Å². The number of methoxy groups -OCH3 is 1. The molecule has 4 nitrogen and oxygen atoms in total. The van der Waals surface area contributed by atoms with Crippen molar-refractivity contribution in [3.05, 3.63) is 0 Å². The molecule has 0 aromatic rings. The molecule has 102 valence electrons. The van der Waals surface area contributed by atoms with E-state index in [-0.39, 0.29) is 11.9 Å². The first-order valence-corrected chi connectivity index (χ1v) is 6.49. The van der Waals surface area contributed by atoms with Crippen LogP contribution in [-0.2, 0) is 9.53 Å². The first-order valence-electron chi connectivity index (χ1n) is 6.49. The summed E-state index contributed by atoms with van der Waals surface area (Å²) in [5.74, 6) is 1.29. The second kappa shape index (κ2) is 9.42.